The smallest absolute Gasteiger partial charge is 0.255 e. The minimum absolute atomic E-state index is 0.134. The Bertz CT molecular complexity index is 840. The lowest BCUT2D eigenvalue weighted by molar-refractivity contribution is -0.116. The van der Waals surface area contributed by atoms with Crippen molar-refractivity contribution in [3.05, 3.63) is 52.2 Å². The fourth-order valence-electron chi connectivity index (χ4n) is 3.08. The summed E-state index contributed by atoms with van der Waals surface area (Å²) in [5.41, 5.74) is 0.872. The Kier molecular flexibility index (Phi) is 5.35. The van der Waals surface area contributed by atoms with Crippen LogP contribution in [0.4, 0.5) is 16.0 Å². The van der Waals surface area contributed by atoms with Crippen LogP contribution in [0.25, 0.3) is 0 Å². The van der Waals surface area contributed by atoms with Crippen molar-refractivity contribution in [3.8, 4) is 0 Å². The Hall–Kier alpha value is -2.70. The number of piperidine rings is 1. The average molecular weight is 358 g/mol. The molecule has 138 valence electrons. The van der Waals surface area contributed by atoms with E-state index in [1.807, 2.05) is 0 Å². The van der Waals surface area contributed by atoms with Crippen LogP contribution >= 0.6 is 0 Å². The number of nitrogens with one attached hydrogen (secondary N) is 1. The number of halogens is 1. The fraction of sp³-hybridized carbons (Fsp3) is 0.421. The minimum Gasteiger partial charge on any atom is -0.342 e. The fourth-order valence-corrected chi connectivity index (χ4v) is 3.08. The summed E-state index contributed by atoms with van der Waals surface area (Å²) in [5.74, 6) is 0.466. The Labute approximate surface area is 151 Å². The molecular formula is C19H23FN4O2. The number of carbonyl (C=O) groups is 1. The number of hydrogen-bond acceptors (Lipinski definition) is 4. The first-order valence-electron chi connectivity index (χ1n) is 8.81. The molecule has 0 spiro atoms. The third-order valence-corrected chi connectivity index (χ3v) is 4.61. The van der Waals surface area contributed by atoms with Crippen LogP contribution in [-0.2, 0) is 11.3 Å². The first-order valence-corrected chi connectivity index (χ1v) is 8.81. The molecular weight excluding hydrogens is 335 g/mol. The third kappa shape index (κ3) is 4.28. The highest BCUT2D eigenvalue weighted by Crippen LogP contribution is 2.21. The predicted octanol–water partition coefficient (Wildman–Crippen LogP) is 2.57. The molecule has 1 saturated heterocycles. The summed E-state index contributed by atoms with van der Waals surface area (Å²) < 4.78 is 14.4. The quantitative estimate of drug-likeness (QED) is 0.912. The van der Waals surface area contributed by atoms with E-state index in [9.17, 15) is 14.0 Å². The van der Waals surface area contributed by atoms with Gasteiger partial charge >= 0.3 is 0 Å². The van der Waals surface area contributed by atoms with Crippen molar-refractivity contribution in [1.29, 1.82) is 0 Å². The highest BCUT2D eigenvalue weighted by atomic mass is 19.1. The summed E-state index contributed by atoms with van der Waals surface area (Å²) in [7, 11) is 0. The van der Waals surface area contributed by atoms with Crippen LogP contribution in [-0.4, -0.2) is 28.5 Å². The van der Waals surface area contributed by atoms with Gasteiger partial charge in [-0.2, -0.15) is 0 Å². The molecule has 3 rings (SSSR count). The summed E-state index contributed by atoms with van der Waals surface area (Å²) in [4.78, 5) is 31.4. The molecule has 1 aromatic heterocycles. The molecule has 0 atom stereocenters. The molecule has 0 aliphatic carbocycles. The van der Waals surface area contributed by atoms with Crippen LogP contribution in [0.2, 0.25) is 0 Å². The van der Waals surface area contributed by atoms with Crippen LogP contribution < -0.4 is 15.8 Å². The van der Waals surface area contributed by atoms with Gasteiger partial charge in [0.05, 0.1) is 0 Å². The highest BCUT2D eigenvalue weighted by Gasteiger charge is 2.21. The summed E-state index contributed by atoms with van der Waals surface area (Å²) in [5, 5.41) is 2.69. The van der Waals surface area contributed by atoms with Crippen molar-refractivity contribution in [3.63, 3.8) is 0 Å². The molecule has 1 aliphatic heterocycles. The Morgan fingerprint density at radius 3 is 2.58 bits per heavy atom. The van der Waals surface area contributed by atoms with Gasteiger partial charge in [-0.25, -0.2) is 9.37 Å². The number of amides is 1. The molecule has 1 amide bonds. The van der Waals surface area contributed by atoms with Crippen molar-refractivity contribution in [2.45, 2.75) is 33.2 Å². The molecule has 7 heteroatoms. The summed E-state index contributed by atoms with van der Waals surface area (Å²) in [6, 6.07) is 6.94. The van der Waals surface area contributed by atoms with Gasteiger partial charge in [0.2, 0.25) is 11.9 Å². The zero-order valence-electron chi connectivity index (χ0n) is 15.0. The molecule has 1 N–H and O–H groups in total. The highest BCUT2D eigenvalue weighted by molar-refractivity contribution is 5.90. The molecule has 0 saturated carbocycles. The molecule has 26 heavy (non-hydrogen) atoms. The van der Waals surface area contributed by atoms with Crippen molar-refractivity contribution < 1.29 is 9.18 Å². The van der Waals surface area contributed by atoms with E-state index in [1.54, 1.807) is 6.92 Å². The van der Waals surface area contributed by atoms with E-state index in [1.165, 1.54) is 34.9 Å². The Balaban J connectivity index is 1.81. The molecule has 0 bridgehead atoms. The van der Waals surface area contributed by atoms with E-state index < -0.39 is 0 Å². The van der Waals surface area contributed by atoms with Crippen molar-refractivity contribution >= 4 is 17.5 Å². The molecule has 1 aliphatic rings. The largest absolute Gasteiger partial charge is 0.342 e. The number of aryl methyl sites for hydroxylation is 1. The van der Waals surface area contributed by atoms with Crippen LogP contribution in [0.15, 0.2) is 35.1 Å². The van der Waals surface area contributed by atoms with Gasteiger partial charge in [0.1, 0.15) is 12.4 Å². The summed E-state index contributed by atoms with van der Waals surface area (Å²) in [6.45, 7) is 5.49. The van der Waals surface area contributed by atoms with Gasteiger partial charge in [-0.3, -0.25) is 14.2 Å². The normalized spacial score (nSPS) is 15.1. The molecule has 1 aromatic carbocycles. The maximum Gasteiger partial charge on any atom is 0.255 e. The van der Waals surface area contributed by atoms with E-state index in [4.69, 9.17) is 0 Å². The summed E-state index contributed by atoms with van der Waals surface area (Å²) >= 11 is 0. The van der Waals surface area contributed by atoms with E-state index >= 15 is 0 Å². The lowest BCUT2D eigenvalue weighted by Gasteiger charge is -2.32. The van der Waals surface area contributed by atoms with Gasteiger partial charge in [-0.1, -0.05) is 6.92 Å². The first kappa shape index (κ1) is 18.1. The number of hydrogen-bond donors (Lipinski definition) is 1. The lowest BCUT2D eigenvalue weighted by Crippen LogP contribution is -2.39. The Morgan fingerprint density at radius 1 is 1.27 bits per heavy atom. The number of carbonyl (C=O) groups excluding carboxylic acids is 1. The van der Waals surface area contributed by atoms with E-state index in [0.717, 1.165) is 25.9 Å². The van der Waals surface area contributed by atoms with E-state index in [-0.39, 0.29) is 23.8 Å². The van der Waals surface area contributed by atoms with Gasteiger partial charge in [0.25, 0.3) is 5.56 Å². The monoisotopic (exact) mass is 358 g/mol. The van der Waals surface area contributed by atoms with Crippen molar-refractivity contribution in [2.24, 2.45) is 5.92 Å². The number of nitrogens with zero attached hydrogens (tertiary/aromatic N) is 3. The van der Waals surface area contributed by atoms with Crippen molar-refractivity contribution in [2.75, 3.05) is 23.3 Å². The summed E-state index contributed by atoms with van der Waals surface area (Å²) in [6.07, 6.45) is 2.07. The first-order chi connectivity index (χ1) is 12.4. The average Bonchev–Trinajstić information content (AvgIpc) is 2.60. The second-order valence-electron chi connectivity index (χ2n) is 6.85. The van der Waals surface area contributed by atoms with Gasteiger partial charge < -0.3 is 10.2 Å². The van der Waals surface area contributed by atoms with E-state index in [0.29, 0.717) is 23.2 Å². The molecule has 0 radical (unpaired) electrons. The molecule has 0 unspecified atom stereocenters. The lowest BCUT2D eigenvalue weighted by atomic mass is 10.00. The van der Waals surface area contributed by atoms with Gasteiger partial charge in [-0.05, 0) is 49.9 Å². The van der Waals surface area contributed by atoms with E-state index in [2.05, 4.69) is 22.1 Å². The van der Waals surface area contributed by atoms with Crippen LogP contribution in [0.5, 0.6) is 0 Å². The second-order valence-corrected chi connectivity index (χ2v) is 6.85. The molecule has 2 aromatic rings. The predicted molar refractivity (Wildman–Crippen MR) is 98.9 cm³/mol. The number of aromatic nitrogens is 2. The maximum absolute atomic E-state index is 13.0. The van der Waals surface area contributed by atoms with Gasteiger partial charge in [-0.15, -0.1) is 0 Å². The van der Waals surface area contributed by atoms with Crippen LogP contribution in [0, 0.1) is 18.7 Å². The second kappa shape index (κ2) is 7.68. The Morgan fingerprint density at radius 2 is 1.92 bits per heavy atom. The topological polar surface area (TPSA) is 67.2 Å². The minimum atomic E-state index is -0.372. The zero-order valence-corrected chi connectivity index (χ0v) is 15.0. The van der Waals surface area contributed by atoms with Crippen molar-refractivity contribution in [1.82, 2.24) is 9.55 Å². The zero-order chi connectivity index (χ0) is 18.7. The maximum atomic E-state index is 13.0. The number of benzene rings is 1. The number of anilines is 2. The number of rotatable bonds is 4. The molecule has 2 heterocycles. The van der Waals surface area contributed by atoms with Gasteiger partial charge in [0.15, 0.2) is 0 Å². The SMILES string of the molecule is Cc1cc(=O)n(CC(=O)Nc2ccc(F)cc2)c(N2CCC(C)CC2)n1. The van der Waals surface area contributed by atoms with Gasteiger partial charge in [0, 0.05) is 30.5 Å². The van der Waals surface area contributed by atoms with Crippen LogP contribution in [0.1, 0.15) is 25.5 Å². The van der Waals surface area contributed by atoms with Crippen LogP contribution in [0.3, 0.4) is 0 Å². The molecule has 1 fully saturated rings. The molecule has 6 nitrogen and oxygen atoms in total. The standard InChI is InChI=1S/C19H23FN4O2/c1-13-7-9-23(10-8-13)19-21-14(2)11-18(26)24(19)12-17(25)22-16-5-3-15(20)4-6-16/h3-6,11,13H,7-10,12H2,1-2H3,(H,22,25). The third-order valence-electron chi connectivity index (χ3n) is 4.61.